The van der Waals surface area contributed by atoms with Crippen LogP contribution in [0, 0.1) is 0 Å². The number of fused-ring (bicyclic) bond motifs is 1. The highest BCUT2D eigenvalue weighted by Crippen LogP contribution is 2.32. The highest BCUT2D eigenvalue weighted by molar-refractivity contribution is 6.44. The number of rotatable bonds is 2. The van der Waals surface area contributed by atoms with Crippen LogP contribution in [-0.4, -0.2) is 10.9 Å². The minimum absolute atomic E-state index is 0.300. The second-order valence-electron chi connectivity index (χ2n) is 4.47. The van der Waals surface area contributed by atoms with E-state index in [4.69, 9.17) is 34.8 Å². The van der Waals surface area contributed by atoms with Gasteiger partial charge in [-0.05, 0) is 24.3 Å². The Kier molecular flexibility index (Phi) is 3.81. The van der Waals surface area contributed by atoms with E-state index in [-0.39, 0.29) is 5.91 Å². The minimum Gasteiger partial charge on any atom is -0.351 e. The molecular weight excluding hydrogens is 331 g/mol. The summed E-state index contributed by atoms with van der Waals surface area (Å²) in [4.78, 5) is 15.3. The number of nitrogens with one attached hydrogen (secondary N) is 2. The van der Waals surface area contributed by atoms with E-state index in [2.05, 4.69) is 10.3 Å². The van der Waals surface area contributed by atoms with E-state index in [1.165, 1.54) is 12.1 Å². The normalized spacial score (nSPS) is 10.8. The van der Waals surface area contributed by atoms with Gasteiger partial charge in [-0.25, -0.2) is 0 Å². The lowest BCUT2D eigenvalue weighted by Gasteiger charge is -2.07. The molecule has 0 unspecified atom stereocenters. The number of aromatic nitrogens is 1. The second kappa shape index (κ2) is 5.60. The quantitative estimate of drug-likeness (QED) is 0.605. The van der Waals surface area contributed by atoms with Crippen molar-refractivity contribution >= 4 is 57.3 Å². The van der Waals surface area contributed by atoms with Gasteiger partial charge in [0.25, 0.3) is 5.91 Å². The number of benzene rings is 2. The standard InChI is InChI=1S/C15H9Cl3N2O/c16-9-6-11(18)13(7-10(9)17)20-15(21)14-5-8-3-1-2-4-12(8)19-14/h1-7,19H,(H,20,21). The van der Waals surface area contributed by atoms with Gasteiger partial charge in [0.1, 0.15) is 5.69 Å². The predicted octanol–water partition coefficient (Wildman–Crippen LogP) is 5.38. The highest BCUT2D eigenvalue weighted by Gasteiger charge is 2.13. The average Bonchev–Trinajstić information content (AvgIpc) is 2.88. The molecule has 2 aromatic carbocycles. The molecule has 3 aromatic rings. The molecule has 106 valence electrons. The number of anilines is 1. The summed E-state index contributed by atoms with van der Waals surface area (Å²) in [6.45, 7) is 0. The van der Waals surface area contributed by atoms with Gasteiger partial charge in [-0.2, -0.15) is 0 Å². The van der Waals surface area contributed by atoms with Crippen molar-refractivity contribution in [2.75, 3.05) is 5.32 Å². The monoisotopic (exact) mass is 338 g/mol. The number of carbonyl (C=O) groups is 1. The Balaban J connectivity index is 1.91. The summed E-state index contributed by atoms with van der Waals surface area (Å²) < 4.78 is 0. The number of H-pyrrole nitrogens is 1. The molecule has 0 bridgehead atoms. The molecule has 0 aliphatic heterocycles. The molecule has 0 radical (unpaired) electrons. The van der Waals surface area contributed by atoms with Crippen molar-refractivity contribution in [2.45, 2.75) is 0 Å². The SMILES string of the molecule is O=C(Nc1cc(Cl)c(Cl)cc1Cl)c1cc2ccccc2[nH]1. The summed E-state index contributed by atoms with van der Waals surface area (Å²) in [6, 6.07) is 12.4. The highest BCUT2D eigenvalue weighted by atomic mass is 35.5. The summed E-state index contributed by atoms with van der Waals surface area (Å²) in [7, 11) is 0. The first-order chi connectivity index (χ1) is 10.0. The van der Waals surface area contributed by atoms with Crippen LogP contribution in [0.1, 0.15) is 10.5 Å². The largest absolute Gasteiger partial charge is 0.351 e. The van der Waals surface area contributed by atoms with E-state index in [1.807, 2.05) is 24.3 Å². The fourth-order valence-corrected chi connectivity index (χ4v) is 2.60. The van der Waals surface area contributed by atoms with Crippen LogP contribution in [0.15, 0.2) is 42.5 Å². The lowest BCUT2D eigenvalue weighted by Crippen LogP contribution is -2.12. The van der Waals surface area contributed by atoms with Crippen molar-refractivity contribution in [1.82, 2.24) is 4.98 Å². The third-order valence-electron chi connectivity index (χ3n) is 3.03. The van der Waals surface area contributed by atoms with Crippen LogP contribution in [0.4, 0.5) is 5.69 Å². The van der Waals surface area contributed by atoms with Crippen LogP contribution >= 0.6 is 34.8 Å². The molecule has 0 aliphatic rings. The molecule has 2 N–H and O–H groups in total. The number of halogens is 3. The molecule has 21 heavy (non-hydrogen) atoms. The zero-order valence-corrected chi connectivity index (χ0v) is 12.9. The van der Waals surface area contributed by atoms with Crippen LogP contribution in [0.2, 0.25) is 15.1 Å². The van der Waals surface area contributed by atoms with E-state index < -0.39 is 0 Å². The smallest absolute Gasteiger partial charge is 0.272 e. The van der Waals surface area contributed by atoms with Crippen LogP contribution < -0.4 is 5.32 Å². The van der Waals surface area contributed by atoms with Crippen molar-refractivity contribution in [2.24, 2.45) is 0 Å². The molecule has 1 amide bonds. The van der Waals surface area contributed by atoms with Gasteiger partial charge in [0, 0.05) is 10.9 Å². The predicted molar refractivity (Wildman–Crippen MR) is 87.7 cm³/mol. The van der Waals surface area contributed by atoms with Crippen molar-refractivity contribution in [3.05, 3.63) is 63.2 Å². The van der Waals surface area contributed by atoms with Crippen LogP contribution in [-0.2, 0) is 0 Å². The third kappa shape index (κ3) is 2.86. The number of hydrogen-bond acceptors (Lipinski definition) is 1. The van der Waals surface area contributed by atoms with Gasteiger partial charge in [-0.3, -0.25) is 4.79 Å². The summed E-state index contributed by atoms with van der Waals surface area (Å²) in [5.41, 5.74) is 1.75. The van der Waals surface area contributed by atoms with Gasteiger partial charge in [0.05, 0.1) is 20.8 Å². The summed E-state index contributed by atoms with van der Waals surface area (Å²) >= 11 is 17.8. The summed E-state index contributed by atoms with van der Waals surface area (Å²) in [5, 5.41) is 4.66. The molecule has 0 saturated carbocycles. The first-order valence-corrected chi connectivity index (χ1v) is 7.21. The molecule has 0 fully saturated rings. The molecule has 1 heterocycles. The molecular formula is C15H9Cl3N2O. The maximum Gasteiger partial charge on any atom is 0.272 e. The van der Waals surface area contributed by atoms with Gasteiger partial charge >= 0.3 is 0 Å². The van der Waals surface area contributed by atoms with Crippen LogP contribution in [0.3, 0.4) is 0 Å². The van der Waals surface area contributed by atoms with E-state index >= 15 is 0 Å². The number of aromatic amines is 1. The van der Waals surface area contributed by atoms with E-state index in [1.54, 1.807) is 6.07 Å². The van der Waals surface area contributed by atoms with Crippen LogP contribution in [0.25, 0.3) is 10.9 Å². The summed E-state index contributed by atoms with van der Waals surface area (Å²) in [5.74, 6) is -0.300. The maximum absolute atomic E-state index is 12.3. The van der Waals surface area contributed by atoms with Gasteiger partial charge in [0.15, 0.2) is 0 Å². The zero-order chi connectivity index (χ0) is 15.0. The Bertz CT molecular complexity index is 809. The van der Waals surface area contributed by atoms with Crippen LogP contribution in [0.5, 0.6) is 0 Å². The average molecular weight is 340 g/mol. The van der Waals surface area contributed by atoms with Crippen molar-refractivity contribution in [1.29, 1.82) is 0 Å². The molecule has 1 aromatic heterocycles. The van der Waals surface area contributed by atoms with Crippen molar-refractivity contribution in [3.63, 3.8) is 0 Å². The topological polar surface area (TPSA) is 44.9 Å². The van der Waals surface area contributed by atoms with E-state index in [9.17, 15) is 4.79 Å². The third-order valence-corrected chi connectivity index (χ3v) is 4.07. The number of amides is 1. The minimum atomic E-state index is -0.300. The molecule has 0 saturated heterocycles. The Morgan fingerprint density at radius 2 is 1.67 bits per heavy atom. The van der Waals surface area contributed by atoms with Gasteiger partial charge < -0.3 is 10.3 Å². The lowest BCUT2D eigenvalue weighted by atomic mass is 10.2. The molecule has 3 rings (SSSR count). The maximum atomic E-state index is 12.3. The number of para-hydroxylation sites is 1. The van der Waals surface area contributed by atoms with Crippen molar-refractivity contribution in [3.8, 4) is 0 Å². The zero-order valence-electron chi connectivity index (χ0n) is 10.6. The molecule has 0 atom stereocenters. The Hall–Kier alpha value is -1.68. The Labute approximate surface area is 135 Å². The van der Waals surface area contributed by atoms with E-state index in [0.29, 0.717) is 26.4 Å². The lowest BCUT2D eigenvalue weighted by molar-refractivity contribution is 0.102. The van der Waals surface area contributed by atoms with Gasteiger partial charge in [-0.1, -0.05) is 53.0 Å². The molecule has 6 heteroatoms. The molecule has 0 aliphatic carbocycles. The molecule has 0 spiro atoms. The van der Waals surface area contributed by atoms with Crippen molar-refractivity contribution < 1.29 is 4.79 Å². The number of carbonyl (C=O) groups excluding carboxylic acids is 1. The Morgan fingerprint density at radius 3 is 2.43 bits per heavy atom. The fraction of sp³-hybridized carbons (Fsp3) is 0. The van der Waals surface area contributed by atoms with E-state index in [0.717, 1.165) is 10.9 Å². The summed E-state index contributed by atoms with van der Waals surface area (Å²) in [6.07, 6.45) is 0. The van der Waals surface area contributed by atoms with Gasteiger partial charge in [-0.15, -0.1) is 0 Å². The number of hydrogen-bond donors (Lipinski definition) is 2. The first kappa shape index (κ1) is 14.3. The Morgan fingerprint density at radius 1 is 0.952 bits per heavy atom. The fourth-order valence-electron chi connectivity index (χ4n) is 2.00. The van der Waals surface area contributed by atoms with Gasteiger partial charge in [0.2, 0.25) is 0 Å². The second-order valence-corrected chi connectivity index (χ2v) is 5.69. The first-order valence-electron chi connectivity index (χ1n) is 6.08. The molecule has 3 nitrogen and oxygen atoms in total.